The average Bonchev–Trinajstić information content (AvgIpc) is 2.99. The normalized spacial score (nSPS) is 12.3. The molecule has 0 radical (unpaired) electrons. The predicted octanol–water partition coefficient (Wildman–Crippen LogP) is 4.60. The molecule has 1 aromatic heterocycles. The van der Waals surface area contributed by atoms with Gasteiger partial charge in [-0.25, -0.2) is 0 Å². The summed E-state index contributed by atoms with van der Waals surface area (Å²) in [7, 11) is 1.75. The molecule has 1 N–H and O–H groups in total. The van der Waals surface area contributed by atoms with Crippen LogP contribution in [0.4, 0.5) is 0 Å². The van der Waals surface area contributed by atoms with Crippen LogP contribution < -0.4 is 10.1 Å². The van der Waals surface area contributed by atoms with Crippen LogP contribution in [0.15, 0.2) is 36.4 Å². The summed E-state index contributed by atoms with van der Waals surface area (Å²) in [5, 5.41) is 3.66. The van der Waals surface area contributed by atoms with Gasteiger partial charge in [-0.05, 0) is 37.6 Å². The molecule has 3 heteroatoms. The standard InChI is InChI=1S/C18H25NOS/c1-4-12-19-17(13-15-11-10-14(5-2)21-15)16-8-6-7-9-18(16)20-3/h6-11,17,19H,4-5,12-13H2,1-3H3. The number of nitrogens with one attached hydrogen (secondary N) is 1. The second-order valence-electron chi connectivity index (χ2n) is 5.17. The molecule has 1 atom stereocenters. The molecule has 0 spiro atoms. The Morgan fingerprint density at radius 2 is 1.86 bits per heavy atom. The zero-order chi connectivity index (χ0) is 15.1. The Hall–Kier alpha value is -1.32. The predicted molar refractivity (Wildman–Crippen MR) is 91.4 cm³/mol. The molecule has 0 fully saturated rings. The molecule has 0 aliphatic heterocycles. The number of aryl methyl sites for hydroxylation is 1. The van der Waals surface area contributed by atoms with Crippen molar-refractivity contribution in [3.8, 4) is 5.75 Å². The molecule has 2 aromatic rings. The molecule has 0 aliphatic rings. The van der Waals surface area contributed by atoms with Crippen LogP contribution in [0.3, 0.4) is 0 Å². The monoisotopic (exact) mass is 303 g/mol. The first kappa shape index (κ1) is 16.1. The molecule has 1 heterocycles. The van der Waals surface area contributed by atoms with E-state index in [0.29, 0.717) is 6.04 Å². The highest BCUT2D eigenvalue weighted by molar-refractivity contribution is 7.11. The Morgan fingerprint density at radius 1 is 1.10 bits per heavy atom. The van der Waals surface area contributed by atoms with Gasteiger partial charge in [0.05, 0.1) is 7.11 Å². The third-order valence-corrected chi connectivity index (χ3v) is 4.88. The average molecular weight is 303 g/mol. The van der Waals surface area contributed by atoms with Crippen molar-refractivity contribution in [1.82, 2.24) is 5.32 Å². The van der Waals surface area contributed by atoms with E-state index in [4.69, 9.17) is 4.74 Å². The highest BCUT2D eigenvalue weighted by Crippen LogP contribution is 2.29. The number of methoxy groups -OCH3 is 1. The zero-order valence-electron chi connectivity index (χ0n) is 13.2. The molecular formula is C18H25NOS. The van der Waals surface area contributed by atoms with E-state index in [0.717, 1.165) is 31.6 Å². The minimum Gasteiger partial charge on any atom is -0.496 e. The Bertz CT molecular complexity index is 550. The molecular weight excluding hydrogens is 278 g/mol. The Kier molecular flexibility index (Phi) is 6.27. The Labute approximate surface area is 132 Å². The number of benzene rings is 1. The molecule has 2 rings (SSSR count). The summed E-state index contributed by atoms with van der Waals surface area (Å²) in [6, 6.07) is 13.1. The number of hydrogen-bond donors (Lipinski definition) is 1. The third kappa shape index (κ3) is 4.32. The Morgan fingerprint density at radius 3 is 2.52 bits per heavy atom. The second-order valence-corrected chi connectivity index (χ2v) is 6.43. The largest absolute Gasteiger partial charge is 0.496 e. The first-order chi connectivity index (χ1) is 10.3. The van der Waals surface area contributed by atoms with Crippen molar-refractivity contribution in [2.75, 3.05) is 13.7 Å². The van der Waals surface area contributed by atoms with Gasteiger partial charge in [-0.15, -0.1) is 11.3 Å². The fourth-order valence-corrected chi connectivity index (χ4v) is 3.49. The fourth-order valence-electron chi connectivity index (χ4n) is 2.49. The molecule has 0 saturated carbocycles. The molecule has 21 heavy (non-hydrogen) atoms. The molecule has 2 nitrogen and oxygen atoms in total. The van der Waals surface area contributed by atoms with Gasteiger partial charge in [-0.2, -0.15) is 0 Å². The number of hydrogen-bond acceptors (Lipinski definition) is 3. The summed E-state index contributed by atoms with van der Waals surface area (Å²) in [5.41, 5.74) is 1.25. The van der Waals surface area contributed by atoms with Gasteiger partial charge in [0, 0.05) is 27.8 Å². The van der Waals surface area contributed by atoms with Gasteiger partial charge in [0.2, 0.25) is 0 Å². The van der Waals surface area contributed by atoms with Crippen molar-refractivity contribution in [2.45, 2.75) is 39.2 Å². The highest BCUT2D eigenvalue weighted by Gasteiger charge is 2.16. The number of ether oxygens (including phenoxy) is 1. The maximum absolute atomic E-state index is 5.53. The van der Waals surface area contributed by atoms with E-state index < -0.39 is 0 Å². The minimum atomic E-state index is 0.310. The Balaban J connectivity index is 2.20. The van der Waals surface area contributed by atoms with E-state index in [1.807, 2.05) is 23.5 Å². The van der Waals surface area contributed by atoms with E-state index in [-0.39, 0.29) is 0 Å². The van der Waals surface area contributed by atoms with E-state index >= 15 is 0 Å². The minimum absolute atomic E-state index is 0.310. The van der Waals surface area contributed by atoms with Crippen LogP contribution in [0.25, 0.3) is 0 Å². The van der Waals surface area contributed by atoms with Crippen molar-refractivity contribution < 1.29 is 4.74 Å². The lowest BCUT2D eigenvalue weighted by atomic mass is 10.0. The lowest BCUT2D eigenvalue weighted by Crippen LogP contribution is -2.24. The smallest absolute Gasteiger partial charge is 0.123 e. The van der Waals surface area contributed by atoms with Gasteiger partial charge in [-0.1, -0.05) is 32.0 Å². The lowest BCUT2D eigenvalue weighted by molar-refractivity contribution is 0.398. The maximum Gasteiger partial charge on any atom is 0.123 e. The van der Waals surface area contributed by atoms with Gasteiger partial charge < -0.3 is 10.1 Å². The van der Waals surface area contributed by atoms with E-state index in [1.54, 1.807) is 7.11 Å². The lowest BCUT2D eigenvalue weighted by Gasteiger charge is -2.20. The summed E-state index contributed by atoms with van der Waals surface area (Å²) in [6.45, 7) is 5.43. The maximum atomic E-state index is 5.53. The van der Waals surface area contributed by atoms with Crippen LogP contribution >= 0.6 is 11.3 Å². The van der Waals surface area contributed by atoms with E-state index in [9.17, 15) is 0 Å². The molecule has 1 unspecified atom stereocenters. The summed E-state index contributed by atoms with van der Waals surface area (Å²) in [6.07, 6.45) is 3.27. The molecule has 0 saturated heterocycles. The number of thiophene rings is 1. The number of para-hydroxylation sites is 1. The summed E-state index contributed by atoms with van der Waals surface area (Å²) >= 11 is 1.92. The van der Waals surface area contributed by atoms with Crippen LogP contribution in [0.5, 0.6) is 5.75 Å². The molecule has 1 aromatic carbocycles. The zero-order valence-corrected chi connectivity index (χ0v) is 14.0. The topological polar surface area (TPSA) is 21.3 Å². The van der Waals surface area contributed by atoms with Crippen molar-refractivity contribution >= 4 is 11.3 Å². The van der Waals surface area contributed by atoms with Gasteiger partial charge in [0.1, 0.15) is 5.75 Å². The fraction of sp³-hybridized carbons (Fsp3) is 0.444. The van der Waals surface area contributed by atoms with E-state index in [2.05, 4.69) is 43.4 Å². The van der Waals surface area contributed by atoms with Crippen LogP contribution in [-0.2, 0) is 12.8 Å². The van der Waals surface area contributed by atoms with Crippen molar-refractivity contribution in [1.29, 1.82) is 0 Å². The van der Waals surface area contributed by atoms with Crippen molar-refractivity contribution in [2.24, 2.45) is 0 Å². The van der Waals surface area contributed by atoms with Gasteiger partial charge in [-0.3, -0.25) is 0 Å². The first-order valence-electron chi connectivity index (χ1n) is 7.72. The second kappa shape index (κ2) is 8.20. The van der Waals surface area contributed by atoms with Crippen LogP contribution in [0, 0.1) is 0 Å². The molecule has 0 aliphatic carbocycles. The summed E-state index contributed by atoms with van der Waals surface area (Å²) in [4.78, 5) is 2.89. The van der Waals surface area contributed by atoms with Crippen LogP contribution in [-0.4, -0.2) is 13.7 Å². The SMILES string of the molecule is CCCNC(Cc1ccc(CC)s1)c1ccccc1OC. The van der Waals surface area contributed by atoms with E-state index in [1.165, 1.54) is 15.3 Å². The van der Waals surface area contributed by atoms with Crippen molar-refractivity contribution in [3.05, 3.63) is 51.7 Å². The molecule has 0 bridgehead atoms. The van der Waals surface area contributed by atoms with Gasteiger partial charge in [0.15, 0.2) is 0 Å². The van der Waals surface area contributed by atoms with Crippen molar-refractivity contribution in [3.63, 3.8) is 0 Å². The third-order valence-electron chi connectivity index (χ3n) is 3.63. The molecule has 114 valence electrons. The number of rotatable bonds is 8. The van der Waals surface area contributed by atoms with Gasteiger partial charge >= 0.3 is 0 Å². The van der Waals surface area contributed by atoms with Crippen LogP contribution in [0.2, 0.25) is 0 Å². The quantitative estimate of drug-likeness (QED) is 0.769. The van der Waals surface area contributed by atoms with Crippen LogP contribution in [0.1, 0.15) is 41.6 Å². The summed E-state index contributed by atoms with van der Waals surface area (Å²) < 4.78 is 5.53. The molecule has 0 amide bonds. The first-order valence-corrected chi connectivity index (χ1v) is 8.54. The summed E-state index contributed by atoms with van der Waals surface area (Å²) in [5.74, 6) is 0.971. The van der Waals surface area contributed by atoms with Gasteiger partial charge in [0.25, 0.3) is 0 Å². The highest BCUT2D eigenvalue weighted by atomic mass is 32.1.